The molecule has 2 heterocycles. The van der Waals surface area contributed by atoms with Gasteiger partial charge >= 0.3 is 0 Å². The molecule has 84 valence electrons. The fourth-order valence-corrected chi connectivity index (χ4v) is 1.02. The van der Waals surface area contributed by atoms with E-state index >= 15 is 0 Å². The van der Waals surface area contributed by atoms with Gasteiger partial charge in [-0.05, 0) is 0 Å². The maximum atomic E-state index is 11.4. The average molecular weight is 223 g/mol. The first-order chi connectivity index (χ1) is 7.74. The van der Waals surface area contributed by atoms with E-state index in [1.54, 1.807) is 0 Å². The molecule has 0 spiro atoms. The standard InChI is InChI=1S/C6H9N9O/c7-6-9-3-15(12-6)2-5(16)8-1-4-10-13-14-11-4/h3H,1-2H2,(H2,7,12)(H,8,16)(H,10,11,13,14). The Labute approximate surface area is 89.2 Å². The fourth-order valence-electron chi connectivity index (χ4n) is 1.02. The SMILES string of the molecule is Nc1ncn(CC(=O)NCc2nn[nH]n2)n1. The van der Waals surface area contributed by atoms with Crippen LogP contribution in [0.15, 0.2) is 6.33 Å². The summed E-state index contributed by atoms with van der Waals surface area (Å²) in [5.41, 5.74) is 5.30. The number of nitrogens with two attached hydrogens (primary N) is 1. The molecule has 0 bridgehead atoms. The van der Waals surface area contributed by atoms with Crippen LogP contribution in [-0.2, 0) is 17.9 Å². The van der Waals surface area contributed by atoms with Crippen LogP contribution in [0.4, 0.5) is 5.95 Å². The van der Waals surface area contributed by atoms with E-state index in [1.807, 2.05) is 0 Å². The van der Waals surface area contributed by atoms with Gasteiger partial charge in [-0.2, -0.15) is 5.21 Å². The lowest BCUT2D eigenvalue weighted by Crippen LogP contribution is -2.27. The molecule has 0 aliphatic heterocycles. The molecule has 2 rings (SSSR count). The zero-order chi connectivity index (χ0) is 11.4. The molecule has 0 aliphatic rings. The molecule has 0 fully saturated rings. The number of carbonyl (C=O) groups is 1. The lowest BCUT2D eigenvalue weighted by Gasteiger charge is -2.01. The average Bonchev–Trinajstić information content (AvgIpc) is 2.87. The van der Waals surface area contributed by atoms with E-state index in [0.29, 0.717) is 5.82 Å². The molecule has 1 amide bonds. The molecule has 0 radical (unpaired) electrons. The van der Waals surface area contributed by atoms with Crippen molar-refractivity contribution in [2.45, 2.75) is 13.1 Å². The van der Waals surface area contributed by atoms with Gasteiger partial charge in [0.2, 0.25) is 11.9 Å². The number of tetrazole rings is 1. The first-order valence-electron chi connectivity index (χ1n) is 4.38. The van der Waals surface area contributed by atoms with Gasteiger partial charge in [0.05, 0.1) is 6.54 Å². The van der Waals surface area contributed by atoms with Crippen molar-refractivity contribution in [3.05, 3.63) is 12.2 Å². The van der Waals surface area contributed by atoms with Crippen LogP contribution in [0.3, 0.4) is 0 Å². The molecule has 0 aromatic carbocycles. The summed E-state index contributed by atoms with van der Waals surface area (Å²) < 4.78 is 1.33. The maximum Gasteiger partial charge on any atom is 0.242 e. The summed E-state index contributed by atoms with van der Waals surface area (Å²) in [4.78, 5) is 15.1. The van der Waals surface area contributed by atoms with Crippen molar-refractivity contribution in [2.75, 3.05) is 5.73 Å². The molecule has 16 heavy (non-hydrogen) atoms. The van der Waals surface area contributed by atoms with Crippen molar-refractivity contribution in [2.24, 2.45) is 0 Å². The molecule has 4 N–H and O–H groups in total. The monoisotopic (exact) mass is 223 g/mol. The number of carbonyl (C=O) groups excluding carboxylic acids is 1. The van der Waals surface area contributed by atoms with Gasteiger partial charge in [0.25, 0.3) is 0 Å². The second kappa shape index (κ2) is 4.33. The number of rotatable bonds is 4. The van der Waals surface area contributed by atoms with Crippen molar-refractivity contribution in [3.63, 3.8) is 0 Å². The number of amides is 1. The van der Waals surface area contributed by atoms with E-state index in [9.17, 15) is 4.79 Å². The van der Waals surface area contributed by atoms with Crippen molar-refractivity contribution in [3.8, 4) is 0 Å². The number of nitrogens with zero attached hydrogens (tertiary/aromatic N) is 6. The molecule has 2 aromatic rings. The lowest BCUT2D eigenvalue weighted by molar-refractivity contribution is -0.122. The summed E-state index contributed by atoms with van der Waals surface area (Å²) in [6.45, 7) is 0.252. The molecule has 0 aliphatic carbocycles. The van der Waals surface area contributed by atoms with Gasteiger partial charge in [-0.25, -0.2) is 9.67 Å². The zero-order valence-corrected chi connectivity index (χ0v) is 8.16. The van der Waals surface area contributed by atoms with E-state index in [-0.39, 0.29) is 24.9 Å². The Morgan fingerprint density at radius 2 is 2.50 bits per heavy atom. The van der Waals surface area contributed by atoms with Crippen LogP contribution in [0, 0.1) is 0 Å². The number of H-pyrrole nitrogens is 1. The van der Waals surface area contributed by atoms with Gasteiger partial charge < -0.3 is 11.1 Å². The Morgan fingerprint density at radius 3 is 3.12 bits per heavy atom. The summed E-state index contributed by atoms with van der Waals surface area (Å²) in [7, 11) is 0. The molecule has 10 nitrogen and oxygen atoms in total. The van der Waals surface area contributed by atoms with Crippen molar-refractivity contribution >= 4 is 11.9 Å². The highest BCUT2D eigenvalue weighted by Gasteiger charge is 2.05. The molecule has 0 saturated heterocycles. The first-order valence-corrected chi connectivity index (χ1v) is 4.38. The summed E-state index contributed by atoms with van der Waals surface area (Å²) in [6, 6.07) is 0. The van der Waals surface area contributed by atoms with E-state index < -0.39 is 0 Å². The molecular formula is C6H9N9O. The Bertz CT molecular complexity index is 460. The van der Waals surface area contributed by atoms with Crippen LogP contribution in [0.2, 0.25) is 0 Å². The van der Waals surface area contributed by atoms with Gasteiger partial charge in [0.1, 0.15) is 12.9 Å². The molecule has 0 unspecified atom stereocenters. The molecule has 0 atom stereocenters. The topological polar surface area (TPSA) is 140 Å². The van der Waals surface area contributed by atoms with Crippen LogP contribution in [0.5, 0.6) is 0 Å². The van der Waals surface area contributed by atoms with Crippen molar-refractivity contribution in [1.29, 1.82) is 0 Å². The fraction of sp³-hybridized carbons (Fsp3) is 0.333. The Morgan fingerprint density at radius 1 is 1.62 bits per heavy atom. The van der Waals surface area contributed by atoms with Crippen LogP contribution in [-0.4, -0.2) is 41.3 Å². The smallest absolute Gasteiger partial charge is 0.242 e. The Balaban J connectivity index is 1.81. The van der Waals surface area contributed by atoms with Gasteiger partial charge in [-0.15, -0.1) is 15.3 Å². The lowest BCUT2D eigenvalue weighted by atomic mass is 10.5. The van der Waals surface area contributed by atoms with Crippen molar-refractivity contribution in [1.82, 2.24) is 40.7 Å². The number of hydrogen-bond acceptors (Lipinski definition) is 7. The van der Waals surface area contributed by atoms with Gasteiger partial charge in [0, 0.05) is 0 Å². The van der Waals surface area contributed by atoms with Crippen LogP contribution in [0.25, 0.3) is 0 Å². The minimum atomic E-state index is -0.241. The predicted molar refractivity (Wildman–Crippen MR) is 50.5 cm³/mol. The number of anilines is 1. The minimum absolute atomic E-state index is 0.0437. The first kappa shape index (κ1) is 10.0. The summed E-state index contributed by atoms with van der Waals surface area (Å²) in [6.07, 6.45) is 1.38. The molecular weight excluding hydrogens is 214 g/mol. The highest BCUT2D eigenvalue weighted by molar-refractivity contribution is 5.75. The highest BCUT2D eigenvalue weighted by Crippen LogP contribution is 1.89. The van der Waals surface area contributed by atoms with E-state index in [0.717, 1.165) is 0 Å². The third-order valence-electron chi connectivity index (χ3n) is 1.69. The van der Waals surface area contributed by atoms with Gasteiger partial charge in [0.15, 0.2) is 5.82 Å². The van der Waals surface area contributed by atoms with Crippen molar-refractivity contribution < 1.29 is 4.79 Å². The number of nitrogen functional groups attached to an aromatic ring is 1. The van der Waals surface area contributed by atoms with E-state index in [4.69, 9.17) is 5.73 Å². The van der Waals surface area contributed by atoms with Gasteiger partial charge in [-0.1, -0.05) is 5.21 Å². The largest absolute Gasteiger partial charge is 0.367 e. The second-order valence-electron chi connectivity index (χ2n) is 2.91. The molecule has 10 heteroatoms. The van der Waals surface area contributed by atoms with Crippen LogP contribution in [0.1, 0.15) is 5.82 Å². The minimum Gasteiger partial charge on any atom is -0.367 e. The Hall–Kier alpha value is -2.52. The normalized spacial score (nSPS) is 10.2. The second-order valence-corrected chi connectivity index (χ2v) is 2.91. The quantitative estimate of drug-likeness (QED) is 0.528. The number of hydrogen-bond donors (Lipinski definition) is 3. The summed E-state index contributed by atoms with van der Waals surface area (Å²) in [5.74, 6) is 0.298. The van der Waals surface area contributed by atoms with E-state index in [1.165, 1.54) is 11.0 Å². The zero-order valence-electron chi connectivity index (χ0n) is 8.16. The van der Waals surface area contributed by atoms with E-state index in [2.05, 4.69) is 36.0 Å². The number of aromatic amines is 1. The number of nitrogens with one attached hydrogen (secondary N) is 2. The summed E-state index contributed by atoms with van der Waals surface area (Å²) >= 11 is 0. The highest BCUT2D eigenvalue weighted by atomic mass is 16.2. The predicted octanol–water partition coefficient (Wildman–Crippen LogP) is -2.31. The molecule has 0 saturated carbocycles. The summed E-state index contributed by atoms with van der Waals surface area (Å²) in [5, 5.41) is 19.4. The third-order valence-corrected chi connectivity index (χ3v) is 1.69. The Kier molecular flexibility index (Phi) is 2.71. The van der Waals surface area contributed by atoms with Gasteiger partial charge in [-0.3, -0.25) is 4.79 Å². The van der Waals surface area contributed by atoms with Crippen LogP contribution < -0.4 is 11.1 Å². The maximum absolute atomic E-state index is 11.4. The molecule has 2 aromatic heterocycles. The number of aromatic nitrogens is 7. The third kappa shape index (κ3) is 2.50. The van der Waals surface area contributed by atoms with Crippen LogP contribution >= 0.6 is 0 Å².